The number of aromatic amines is 1. The van der Waals surface area contributed by atoms with Crippen molar-refractivity contribution in [2.24, 2.45) is 5.73 Å². The van der Waals surface area contributed by atoms with E-state index in [1.165, 1.54) is 0 Å². The van der Waals surface area contributed by atoms with Crippen molar-refractivity contribution in [3.05, 3.63) is 29.0 Å². The maximum atomic E-state index is 5.42. The van der Waals surface area contributed by atoms with Crippen molar-refractivity contribution in [2.45, 2.75) is 0 Å². The highest BCUT2D eigenvalue weighted by atomic mass is 32.1. The van der Waals surface area contributed by atoms with Crippen LogP contribution in [0.3, 0.4) is 0 Å². The van der Waals surface area contributed by atoms with E-state index in [1.807, 2.05) is 24.3 Å². The Bertz CT molecular complexity index is 516. The van der Waals surface area contributed by atoms with Crippen molar-refractivity contribution < 1.29 is 0 Å². The van der Waals surface area contributed by atoms with Crippen molar-refractivity contribution in [3.8, 4) is 5.69 Å². The van der Waals surface area contributed by atoms with Gasteiger partial charge in [0, 0.05) is 18.8 Å². The fourth-order valence-corrected chi connectivity index (χ4v) is 1.52. The van der Waals surface area contributed by atoms with Crippen LogP contribution in [0.15, 0.2) is 24.3 Å². The number of benzene rings is 1. The van der Waals surface area contributed by atoms with Gasteiger partial charge < -0.3 is 11.1 Å². The number of nitrogens with zero attached hydrogens (tertiary/aromatic N) is 3. The summed E-state index contributed by atoms with van der Waals surface area (Å²) in [7, 11) is 0. The zero-order valence-corrected chi connectivity index (χ0v) is 9.37. The summed E-state index contributed by atoms with van der Waals surface area (Å²) in [5.41, 5.74) is 7.29. The zero-order chi connectivity index (χ0) is 11.4. The molecule has 2 aromatic rings. The van der Waals surface area contributed by atoms with Gasteiger partial charge in [0.25, 0.3) is 0 Å². The normalized spacial score (nSPS) is 10.3. The van der Waals surface area contributed by atoms with E-state index in [9.17, 15) is 0 Å². The molecule has 0 atom stereocenters. The fraction of sp³-hybridized carbons (Fsp3) is 0.222. The Labute approximate surface area is 97.5 Å². The quantitative estimate of drug-likeness (QED) is 0.680. The standard InChI is InChI=1S/C9H12N6S/c10-4-5-11-7-2-1-3-8(6-7)15-9(16)12-13-14-15/h1-3,6,11H,4-5,10H2,(H,12,14,16). The van der Waals surface area contributed by atoms with E-state index >= 15 is 0 Å². The Morgan fingerprint density at radius 2 is 2.38 bits per heavy atom. The third kappa shape index (κ3) is 2.26. The first-order chi connectivity index (χ1) is 7.81. The topological polar surface area (TPSA) is 84.5 Å². The van der Waals surface area contributed by atoms with Gasteiger partial charge in [0.1, 0.15) is 0 Å². The molecule has 1 aromatic heterocycles. The number of nitrogens with one attached hydrogen (secondary N) is 2. The predicted molar refractivity (Wildman–Crippen MR) is 64.1 cm³/mol. The average Bonchev–Trinajstić information content (AvgIpc) is 2.73. The summed E-state index contributed by atoms with van der Waals surface area (Å²) in [6.45, 7) is 1.32. The summed E-state index contributed by atoms with van der Waals surface area (Å²) in [4.78, 5) is 0. The fourth-order valence-electron chi connectivity index (χ4n) is 1.34. The van der Waals surface area contributed by atoms with Gasteiger partial charge in [-0.3, -0.25) is 0 Å². The molecule has 2 rings (SSSR count). The SMILES string of the molecule is NCCNc1cccc(-n2[nH]nnc2=S)c1. The van der Waals surface area contributed by atoms with Crippen LogP contribution in [-0.2, 0) is 0 Å². The monoisotopic (exact) mass is 236 g/mol. The molecule has 0 saturated heterocycles. The molecule has 7 heteroatoms. The summed E-state index contributed by atoms with van der Waals surface area (Å²) in [6.07, 6.45) is 0. The predicted octanol–water partition coefficient (Wildman–Crippen LogP) is 0.695. The first kappa shape index (κ1) is 10.8. The summed E-state index contributed by atoms with van der Waals surface area (Å²) >= 11 is 5.02. The molecular weight excluding hydrogens is 224 g/mol. The molecule has 0 amide bonds. The molecule has 0 radical (unpaired) electrons. The van der Waals surface area contributed by atoms with Gasteiger partial charge in [0.05, 0.1) is 5.69 Å². The molecule has 0 fully saturated rings. The Balaban J connectivity index is 2.29. The number of H-pyrrole nitrogens is 1. The van der Waals surface area contributed by atoms with Gasteiger partial charge in [-0.1, -0.05) is 16.4 Å². The van der Waals surface area contributed by atoms with E-state index < -0.39 is 0 Å². The van der Waals surface area contributed by atoms with Crippen molar-refractivity contribution in [1.82, 2.24) is 20.2 Å². The molecule has 0 saturated carbocycles. The Morgan fingerprint density at radius 3 is 3.06 bits per heavy atom. The van der Waals surface area contributed by atoms with Crippen LogP contribution in [0.5, 0.6) is 0 Å². The van der Waals surface area contributed by atoms with E-state index in [1.54, 1.807) is 4.68 Å². The largest absolute Gasteiger partial charge is 0.384 e. The van der Waals surface area contributed by atoms with Crippen LogP contribution in [0.4, 0.5) is 5.69 Å². The lowest BCUT2D eigenvalue weighted by atomic mass is 10.3. The van der Waals surface area contributed by atoms with Gasteiger partial charge in [0.15, 0.2) is 0 Å². The molecule has 0 bridgehead atoms. The second-order valence-electron chi connectivity index (χ2n) is 3.18. The van der Waals surface area contributed by atoms with E-state index in [0.29, 0.717) is 11.3 Å². The number of rotatable bonds is 4. The molecule has 1 heterocycles. The molecule has 1 aromatic carbocycles. The molecule has 0 aliphatic rings. The molecule has 16 heavy (non-hydrogen) atoms. The number of hydrogen-bond donors (Lipinski definition) is 3. The lowest BCUT2D eigenvalue weighted by Gasteiger charge is -2.06. The second-order valence-corrected chi connectivity index (χ2v) is 3.55. The lowest BCUT2D eigenvalue weighted by Crippen LogP contribution is -2.13. The molecule has 0 aliphatic heterocycles. The van der Waals surface area contributed by atoms with E-state index in [4.69, 9.17) is 18.0 Å². The van der Waals surface area contributed by atoms with Crippen molar-refractivity contribution in [3.63, 3.8) is 0 Å². The van der Waals surface area contributed by atoms with Gasteiger partial charge in [0.2, 0.25) is 4.77 Å². The smallest absolute Gasteiger partial charge is 0.242 e. The number of tetrazole rings is 1. The number of nitrogens with two attached hydrogens (primary N) is 1. The van der Waals surface area contributed by atoms with Crippen LogP contribution in [0.2, 0.25) is 0 Å². The third-order valence-electron chi connectivity index (χ3n) is 2.05. The minimum Gasteiger partial charge on any atom is -0.384 e. The Morgan fingerprint density at radius 1 is 1.50 bits per heavy atom. The first-order valence-electron chi connectivity index (χ1n) is 4.86. The number of anilines is 1. The van der Waals surface area contributed by atoms with Crippen LogP contribution in [0.1, 0.15) is 0 Å². The summed E-state index contributed by atoms with van der Waals surface area (Å²) < 4.78 is 2.03. The van der Waals surface area contributed by atoms with Crippen molar-refractivity contribution in [2.75, 3.05) is 18.4 Å². The molecule has 0 unspecified atom stereocenters. The van der Waals surface area contributed by atoms with E-state index in [-0.39, 0.29) is 0 Å². The average molecular weight is 236 g/mol. The van der Waals surface area contributed by atoms with Crippen molar-refractivity contribution >= 4 is 17.9 Å². The van der Waals surface area contributed by atoms with E-state index in [0.717, 1.165) is 17.9 Å². The first-order valence-corrected chi connectivity index (χ1v) is 5.26. The highest BCUT2D eigenvalue weighted by Crippen LogP contribution is 2.13. The molecule has 84 valence electrons. The van der Waals surface area contributed by atoms with Gasteiger partial charge in [-0.05, 0) is 30.4 Å². The summed E-state index contributed by atoms with van der Waals surface area (Å²) in [5, 5.41) is 13.2. The highest BCUT2D eigenvalue weighted by molar-refractivity contribution is 7.71. The maximum absolute atomic E-state index is 5.42. The molecule has 6 nitrogen and oxygen atoms in total. The van der Waals surface area contributed by atoms with Crippen LogP contribution >= 0.6 is 12.2 Å². The van der Waals surface area contributed by atoms with Crippen LogP contribution in [0.25, 0.3) is 5.69 Å². The molecule has 0 aliphatic carbocycles. The summed E-state index contributed by atoms with van der Waals surface area (Å²) in [5.74, 6) is 0. The number of hydrogen-bond acceptors (Lipinski definition) is 5. The second kappa shape index (κ2) is 4.86. The highest BCUT2D eigenvalue weighted by Gasteiger charge is 2.00. The minimum atomic E-state index is 0.399. The van der Waals surface area contributed by atoms with Gasteiger partial charge in [-0.2, -0.15) is 5.21 Å². The third-order valence-corrected chi connectivity index (χ3v) is 2.31. The van der Waals surface area contributed by atoms with Gasteiger partial charge >= 0.3 is 0 Å². The molecule has 4 N–H and O–H groups in total. The van der Waals surface area contributed by atoms with Gasteiger partial charge in [-0.25, -0.2) is 4.68 Å². The Hall–Kier alpha value is -1.73. The van der Waals surface area contributed by atoms with Crippen molar-refractivity contribution in [1.29, 1.82) is 0 Å². The lowest BCUT2D eigenvalue weighted by molar-refractivity contribution is 0.786. The van der Waals surface area contributed by atoms with Crippen LogP contribution in [-0.4, -0.2) is 33.3 Å². The molecule has 0 spiro atoms. The summed E-state index contributed by atoms with van der Waals surface area (Å²) in [6, 6.07) is 7.76. The van der Waals surface area contributed by atoms with Crippen LogP contribution < -0.4 is 11.1 Å². The minimum absolute atomic E-state index is 0.399. The van der Waals surface area contributed by atoms with E-state index in [2.05, 4.69) is 20.8 Å². The zero-order valence-electron chi connectivity index (χ0n) is 8.55. The van der Waals surface area contributed by atoms with Gasteiger partial charge in [-0.15, -0.1) is 0 Å². The maximum Gasteiger partial charge on any atom is 0.242 e. The van der Waals surface area contributed by atoms with Crippen LogP contribution in [0, 0.1) is 4.77 Å². The molecular formula is C9H12N6S. The number of aromatic nitrogens is 4. The Kier molecular flexibility index (Phi) is 3.28.